The molecule has 0 unspecified atom stereocenters. The van der Waals surface area contributed by atoms with Gasteiger partial charge in [0.1, 0.15) is 11.8 Å². The number of nitrogens with one attached hydrogen (secondary N) is 2. The molecule has 1 saturated heterocycles. The maximum absolute atomic E-state index is 12.9. The second-order valence-corrected chi connectivity index (χ2v) is 9.90. The van der Waals surface area contributed by atoms with E-state index >= 15 is 0 Å². The number of ether oxygens (including phenoxy) is 2. The number of benzene rings is 2. The largest absolute Gasteiger partial charge is 0.497 e. The summed E-state index contributed by atoms with van der Waals surface area (Å²) in [5.41, 5.74) is 0.696. The average molecular weight is 476 g/mol. The van der Waals surface area contributed by atoms with Gasteiger partial charge in [0.2, 0.25) is 15.9 Å². The van der Waals surface area contributed by atoms with Gasteiger partial charge in [0, 0.05) is 30.4 Å². The second-order valence-electron chi connectivity index (χ2n) is 7.96. The van der Waals surface area contributed by atoms with Gasteiger partial charge < -0.3 is 20.1 Å². The minimum atomic E-state index is -3.74. The molecule has 0 aromatic heterocycles. The summed E-state index contributed by atoms with van der Waals surface area (Å²) in [6, 6.07) is 11.9. The van der Waals surface area contributed by atoms with Crippen LogP contribution in [0.25, 0.3) is 0 Å². The van der Waals surface area contributed by atoms with Gasteiger partial charge in [-0.1, -0.05) is 26.0 Å². The van der Waals surface area contributed by atoms with Crippen LogP contribution in [0.5, 0.6) is 5.75 Å². The van der Waals surface area contributed by atoms with Crippen LogP contribution in [0.3, 0.4) is 0 Å². The molecule has 9 nitrogen and oxygen atoms in total. The molecule has 178 valence electrons. The van der Waals surface area contributed by atoms with E-state index in [2.05, 4.69) is 10.6 Å². The third-order valence-electron chi connectivity index (χ3n) is 5.28. The fraction of sp³-hybridized carbons (Fsp3) is 0.391. The van der Waals surface area contributed by atoms with Crippen LogP contribution >= 0.6 is 0 Å². The van der Waals surface area contributed by atoms with Crippen molar-refractivity contribution >= 4 is 27.5 Å². The van der Waals surface area contributed by atoms with Gasteiger partial charge >= 0.3 is 0 Å². The molecule has 33 heavy (non-hydrogen) atoms. The average Bonchev–Trinajstić information content (AvgIpc) is 2.82. The molecule has 1 heterocycles. The summed E-state index contributed by atoms with van der Waals surface area (Å²) >= 11 is 0. The van der Waals surface area contributed by atoms with E-state index in [4.69, 9.17) is 9.47 Å². The van der Waals surface area contributed by atoms with Gasteiger partial charge in [0.25, 0.3) is 5.91 Å². The number of amides is 2. The molecule has 2 N–H and O–H groups in total. The van der Waals surface area contributed by atoms with E-state index in [1.54, 1.807) is 24.3 Å². The summed E-state index contributed by atoms with van der Waals surface area (Å²) in [7, 11) is -2.21. The molecule has 0 radical (unpaired) electrons. The molecule has 1 aliphatic heterocycles. The van der Waals surface area contributed by atoms with E-state index in [1.807, 2.05) is 13.8 Å². The van der Waals surface area contributed by atoms with Crippen molar-refractivity contribution in [3.05, 3.63) is 54.1 Å². The Kier molecular flexibility index (Phi) is 8.06. The molecule has 2 aromatic carbocycles. The minimum absolute atomic E-state index is 0.0268. The zero-order valence-electron chi connectivity index (χ0n) is 18.9. The maximum atomic E-state index is 12.9. The van der Waals surface area contributed by atoms with Crippen molar-refractivity contribution in [3.8, 4) is 5.75 Å². The first-order chi connectivity index (χ1) is 15.7. The van der Waals surface area contributed by atoms with Crippen LogP contribution in [0.1, 0.15) is 24.2 Å². The first kappa shape index (κ1) is 24.7. The van der Waals surface area contributed by atoms with E-state index in [0.29, 0.717) is 24.7 Å². The van der Waals surface area contributed by atoms with Gasteiger partial charge in [-0.3, -0.25) is 9.59 Å². The van der Waals surface area contributed by atoms with Gasteiger partial charge in [-0.2, -0.15) is 4.31 Å². The second kappa shape index (κ2) is 10.8. The number of anilines is 1. The Morgan fingerprint density at radius 3 is 2.42 bits per heavy atom. The lowest BCUT2D eigenvalue weighted by molar-refractivity contribution is -0.118. The highest BCUT2D eigenvalue weighted by molar-refractivity contribution is 7.89. The van der Waals surface area contributed by atoms with Gasteiger partial charge in [0.15, 0.2) is 0 Å². The number of methoxy groups -OCH3 is 1. The minimum Gasteiger partial charge on any atom is -0.497 e. The summed E-state index contributed by atoms with van der Waals surface area (Å²) in [6.07, 6.45) is 0. The molecule has 0 saturated carbocycles. The van der Waals surface area contributed by atoms with Crippen LogP contribution in [-0.4, -0.2) is 64.0 Å². The van der Waals surface area contributed by atoms with E-state index in [0.717, 1.165) is 0 Å². The van der Waals surface area contributed by atoms with Crippen LogP contribution < -0.4 is 15.4 Å². The van der Waals surface area contributed by atoms with E-state index in [9.17, 15) is 18.0 Å². The van der Waals surface area contributed by atoms with Crippen LogP contribution in [0.2, 0.25) is 0 Å². The predicted molar refractivity (Wildman–Crippen MR) is 124 cm³/mol. The van der Waals surface area contributed by atoms with Crippen molar-refractivity contribution in [2.75, 3.05) is 38.7 Å². The maximum Gasteiger partial charge on any atom is 0.251 e. The molecule has 2 amide bonds. The molecule has 0 aliphatic carbocycles. The summed E-state index contributed by atoms with van der Waals surface area (Å²) in [6.45, 7) is 4.82. The van der Waals surface area contributed by atoms with Crippen molar-refractivity contribution in [1.29, 1.82) is 0 Å². The van der Waals surface area contributed by atoms with Crippen molar-refractivity contribution in [2.45, 2.75) is 24.8 Å². The van der Waals surface area contributed by atoms with Gasteiger partial charge in [-0.05, 0) is 36.2 Å². The Bertz CT molecular complexity index is 1100. The molecule has 0 bridgehead atoms. The molecule has 1 aliphatic rings. The van der Waals surface area contributed by atoms with Crippen LogP contribution in [0.4, 0.5) is 5.69 Å². The van der Waals surface area contributed by atoms with Crippen LogP contribution in [0, 0.1) is 5.92 Å². The van der Waals surface area contributed by atoms with Gasteiger partial charge in [0.05, 0.1) is 25.2 Å². The summed E-state index contributed by atoms with van der Waals surface area (Å²) in [5, 5.41) is 5.51. The normalized spacial score (nSPS) is 15.6. The highest BCUT2D eigenvalue weighted by atomic mass is 32.2. The lowest BCUT2D eigenvalue weighted by Crippen LogP contribution is -2.47. The lowest BCUT2D eigenvalue weighted by Gasteiger charge is -2.26. The quantitative estimate of drug-likeness (QED) is 0.605. The number of hydrogen-bond donors (Lipinski definition) is 2. The molecule has 1 fully saturated rings. The number of carbonyl (C=O) groups is 2. The Morgan fingerprint density at radius 1 is 1.06 bits per heavy atom. The van der Waals surface area contributed by atoms with Crippen molar-refractivity contribution in [3.63, 3.8) is 0 Å². The number of carbonyl (C=O) groups excluding carboxylic acids is 2. The molecule has 10 heteroatoms. The topological polar surface area (TPSA) is 114 Å². The lowest BCUT2D eigenvalue weighted by atomic mass is 10.0. The standard InChI is InChI=1S/C23H29N3O6S/c1-16(2)21(23(28)24-18-7-5-8-19(15-18)31-3)25-22(27)17-6-4-9-20(14-17)33(29,30)26-10-12-32-13-11-26/h4-9,14-16,21H,10-13H2,1-3H3,(H,24,28)(H,25,27)/t21-/m0/s1. The summed E-state index contributed by atoms with van der Waals surface area (Å²) in [5.74, 6) is -0.534. The number of morpholine rings is 1. The van der Waals surface area contributed by atoms with E-state index in [1.165, 1.54) is 35.7 Å². The number of hydrogen-bond acceptors (Lipinski definition) is 6. The predicted octanol–water partition coefficient (Wildman–Crippen LogP) is 2.11. The zero-order valence-corrected chi connectivity index (χ0v) is 19.7. The molecule has 2 aromatic rings. The van der Waals surface area contributed by atoms with Crippen molar-refractivity contribution < 1.29 is 27.5 Å². The Morgan fingerprint density at radius 2 is 1.76 bits per heavy atom. The van der Waals surface area contributed by atoms with Crippen molar-refractivity contribution in [1.82, 2.24) is 9.62 Å². The SMILES string of the molecule is COc1cccc(NC(=O)[C@@H](NC(=O)c2cccc(S(=O)(=O)N3CCOCC3)c2)C(C)C)c1. The number of sulfonamides is 1. The Hall–Kier alpha value is -2.95. The fourth-order valence-electron chi connectivity index (χ4n) is 3.41. The van der Waals surface area contributed by atoms with Crippen molar-refractivity contribution in [2.24, 2.45) is 5.92 Å². The number of rotatable bonds is 8. The third kappa shape index (κ3) is 6.10. The first-order valence-electron chi connectivity index (χ1n) is 10.7. The van der Waals surface area contributed by atoms with Gasteiger partial charge in [-0.25, -0.2) is 8.42 Å². The smallest absolute Gasteiger partial charge is 0.251 e. The molecule has 3 rings (SSSR count). The number of nitrogens with zero attached hydrogens (tertiary/aromatic N) is 1. The van der Waals surface area contributed by atoms with Crippen LogP contribution in [-0.2, 0) is 19.6 Å². The fourth-order valence-corrected chi connectivity index (χ4v) is 4.87. The highest BCUT2D eigenvalue weighted by Gasteiger charge is 2.28. The Balaban J connectivity index is 1.75. The highest BCUT2D eigenvalue weighted by Crippen LogP contribution is 2.20. The van der Waals surface area contributed by atoms with Gasteiger partial charge in [-0.15, -0.1) is 0 Å². The molecular weight excluding hydrogens is 446 g/mol. The Labute approximate surface area is 194 Å². The molecule has 1 atom stereocenters. The van der Waals surface area contributed by atoms with E-state index in [-0.39, 0.29) is 35.4 Å². The monoisotopic (exact) mass is 475 g/mol. The third-order valence-corrected chi connectivity index (χ3v) is 7.17. The summed E-state index contributed by atoms with van der Waals surface area (Å²) in [4.78, 5) is 25.8. The molecule has 0 spiro atoms. The van der Waals surface area contributed by atoms with Crippen LogP contribution in [0.15, 0.2) is 53.4 Å². The zero-order chi connectivity index (χ0) is 24.0. The summed E-state index contributed by atoms with van der Waals surface area (Å²) < 4.78 is 37.6. The van der Waals surface area contributed by atoms with E-state index < -0.39 is 22.0 Å². The first-order valence-corrected chi connectivity index (χ1v) is 12.1. The molecular formula is C23H29N3O6S.